The molecule has 6 rings (SSSR count). The molecule has 10 heteroatoms. The van der Waals surface area contributed by atoms with Crippen molar-refractivity contribution in [1.29, 1.82) is 0 Å². The van der Waals surface area contributed by atoms with Gasteiger partial charge in [0.05, 0.1) is 37.9 Å². The fourth-order valence-electron chi connectivity index (χ4n) is 5.87. The normalized spacial score (nSPS) is 20.1. The molecular formula is C33H33F2N3O5. The molecule has 1 aliphatic heterocycles. The second-order valence-corrected chi connectivity index (χ2v) is 10.9. The first-order valence-electron chi connectivity index (χ1n) is 14.3. The van der Waals surface area contributed by atoms with Crippen LogP contribution in [0.2, 0.25) is 0 Å². The van der Waals surface area contributed by atoms with E-state index >= 15 is 4.39 Å². The second-order valence-electron chi connectivity index (χ2n) is 10.9. The number of primary amides is 1. The lowest BCUT2D eigenvalue weighted by Crippen LogP contribution is -2.37. The zero-order valence-electron chi connectivity index (χ0n) is 23.9. The maximum absolute atomic E-state index is 15.4. The molecule has 3 aromatic carbocycles. The monoisotopic (exact) mass is 589 g/mol. The number of nitrogens with two attached hydrogens (primary N) is 1. The molecule has 1 aromatic heterocycles. The third kappa shape index (κ3) is 5.85. The lowest BCUT2D eigenvalue weighted by atomic mass is 9.90. The summed E-state index contributed by atoms with van der Waals surface area (Å²) in [6.45, 7) is 4.83. The molecule has 2 atom stereocenters. The first-order chi connectivity index (χ1) is 20.9. The summed E-state index contributed by atoms with van der Waals surface area (Å²) in [6, 6.07) is 15.5. The van der Waals surface area contributed by atoms with E-state index < -0.39 is 23.0 Å². The van der Waals surface area contributed by atoms with Gasteiger partial charge in [0.25, 0.3) is 0 Å². The average molecular weight is 590 g/mol. The number of hydrogen-bond acceptors (Lipinski definition) is 7. The highest BCUT2D eigenvalue weighted by atomic mass is 19.1. The Morgan fingerprint density at radius 3 is 2.53 bits per heavy atom. The Kier molecular flexibility index (Phi) is 8.14. The Labute approximate surface area is 248 Å². The summed E-state index contributed by atoms with van der Waals surface area (Å²) in [5, 5.41) is 0.634. The summed E-state index contributed by atoms with van der Waals surface area (Å²) in [6.07, 6.45) is 2.87. The van der Waals surface area contributed by atoms with E-state index in [0.29, 0.717) is 52.3 Å². The summed E-state index contributed by atoms with van der Waals surface area (Å²) < 4.78 is 51.9. The van der Waals surface area contributed by atoms with Gasteiger partial charge >= 0.3 is 0 Å². The number of aromatic nitrogens is 1. The SMILES string of the molecule is COc1cc2c(Oc3ccc(C4CC4(C(N)=O)c4ccc(F)cc4)cc3F)ccnc2cc1OCCCN1CCOCC1. The minimum atomic E-state index is -0.997. The first kappa shape index (κ1) is 28.8. The molecule has 2 fully saturated rings. The predicted octanol–water partition coefficient (Wildman–Crippen LogP) is 5.33. The molecule has 1 saturated carbocycles. The quantitative estimate of drug-likeness (QED) is 0.237. The van der Waals surface area contributed by atoms with Crippen LogP contribution in [0.4, 0.5) is 8.78 Å². The molecule has 1 amide bonds. The Hall–Kier alpha value is -4.28. The van der Waals surface area contributed by atoms with Crippen LogP contribution in [0.25, 0.3) is 10.9 Å². The van der Waals surface area contributed by atoms with Crippen molar-refractivity contribution in [2.24, 2.45) is 5.73 Å². The van der Waals surface area contributed by atoms with Crippen molar-refractivity contribution in [2.75, 3.05) is 46.6 Å². The van der Waals surface area contributed by atoms with Crippen LogP contribution in [0.1, 0.15) is 29.9 Å². The minimum Gasteiger partial charge on any atom is -0.493 e. The van der Waals surface area contributed by atoms with Crippen LogP contribution in [0.3, 0.4) is 0 Å². The van der Waals surface area contributed by atoms with Crippen molar-refractivity contribution >= 4 is 16.8 Å². The lowest BCUT2D eigenvalue weighted by Gasteiger charge is -2.26. The van der Waals surface area contributed by atoms with Crippen molar-refractivity contribution in [3.05, 3.63) is 89.6 Å². The number of fused-ring (bicyclic) bond motifs is 1. The molecular weight excluding hydrogens is 556 g/mol. The molecule has 2 heterocycles. The summed E-state index contributed by atoms with van der Waals surface area (Å²) in [5.74, 6) is -0.328. The number of benzene rings is 3. The molecule has 2 unspecified atom stereocenters. The number of nitrogens with zero attached hydrogens (tertiary/aromatic N) is 2. The zero-order chi connectivity index (χ0) is 30.0. The van der Waals surface area contributed by atoms with Gasteiger partial charge in [0.1, 0.15) is 11.6 Å². The van der Waals surface area contributed by atoms with Crippen LogP contribution in [0.15, 0.2) is 66.9 Å². The van der Waals surface area contributed by atoms with Crippen LogP contribution >= 0.6 is 0 Å². The van der Waals surface area contributed by atoms with Gasteiger partial charge in [-0.2, -0.15) is 0 Å². The van der Waals surface area contributed by atoms with E-state index in [9.17, 15) is 9.18 Å². The third-order valence-electron chi connectivity index (χ3n) is 8.30. The number of rotatable bonds is 11. The highest BCUT2D eigenvalue weighted by molar-refractivity contribution is 5.92. The van der Waals surface area contributed by atoms with E-state index in [4.69, 9.17) is 24.7 Å². The lowest BCUT2D eigenvalue weighted by molar-refractivity contribution is -0.120. The smallest absolute Gasteiger partial charge is 0.228 e. The molecule has 2 N–H and O–H groups in total. The molecule has 0 bridgehead atoms. The van der Waals surface area contributed by atoms with Gasteiger partial charge in [-0.05, 0) is 60.4 Å². The Balaban J connectivity index is 1.18. The highest BCUT2D eigenvalue weighted by Gasteiger charge is 2.60. The minimum absolute atomic E-state index is 0.0192. The molecule has 2 aliphatic rings. The van der Waals surface area contributed by atoms with E-state index in [0.717, 1.165) is 39.3 Å². The van der Waals surface area contributed by atoms with Crippen LogP contribution in [-0.2, 0) is 14.9 Å². The third-order valence-corrected chi connectivity index (χ3v) is 8.30. The molecule has 8 nitrogen and oxygen atoms in total. The predicted molar refractivity (Wildman–Crippen MR) is 157 cm³/mol. The largest absolute Gasteiger partial charge is 0.493 e. The number of pyridine rings is 1. The van der Waals surface area contributed by atoms with Crippen LogP contribution in [-0.4, -0.2) is 62.4 Å². The van der Waals surface area contributed by atoms with Crippen molar-refractivity contribution in [2.45, 2.75) is 24.2 Å². The van der Waals surface area contributed by atoms with Gasteiger partial charge in [-0.1, -0.05) is 18.2 Å². The summed E-state index contributed by atoms with van der Waals surface area (Å²) in [4.78, 5) is 19.3. The van der Waals surface area contributed by atoms with Gasteiger partial charge in [-0.3, -0.25) is 14.7 Å². The number of morpholine rings is 1. The maximum Gasteiger partial charge on any atom is 0.228 e. The van der Waals surface area contributed by atoms with Crippen LogP contribution < -0.4 is 19.9 Å². The van der Waals surface area contributed by atoms with Crippen molar-refractivity contribution in [1.82, 2.24) is 9.88 Å². The second kappa shape index (κ2) is 12.1. The number of ether oxygens (including phenoxy) is 4. The standard InChI is InChI=1S/C33H33F2N3O5/c1-40-30-18-24-27(19-31(30)42-14-2-11-38-12-15-41-16-13-38)37-10-9-28(24)43-29-8-3-21(17-26(29)35)25-20-33(25,32(36)39)22-4-6-23(34)7-5-22/h3-10,17-19,25H,2,11-16,20H2,1H3,(H2,36,39). The zero-order valence-corrected chi connectivity index (χ0v) is 23.9. The number of carbonyl (C=O) groups is 1. The Bertz CT molecular complexity index is 1630. The van der Waals surface area contributed by atoms with Gasteiger partial charge < -0.3 is 24.7 Å². The van der Waals surface area contributed by atoms with Gasteiger partial charge in [-0.15, -0.1) is 0 Å². The molecule has 4 aromatic rings. The fourth-order valence-corrected chi connectivity index (χ4v) is 5.87. The highest BCUT2D eigenvalue weighted by Crippen LogP contribution is 2.60. The summed E-state index contributed by atoms with van der Waals surface area (Å²) in [7, 11) is 1.56. The van der Waals surface area contributed by atoms with Gasteiger partial charge in [0, 0.05) is 43.2 Å². The van der Waals surface area contributed by atoms with E-state index in [1.54, 1.807) is 49.7 Å². The van der Waals surface area contributed by atoms with Crippen LogP contribution in [0.5, 0.6) is 23.0 Å². The van der Waals surface area contributed by atoms with E-state index in [1.807, 2.05) is 0 Å². The molecule has 1 aliphatic carbocycles. The maximum atomic E-state index is 15.4. The number of amides is 1. The molecule has 43 heavy (non-hydrogen) atoms. The summed E-state index contributed by atoms with van der Waals surface area (Å²) in [5.41, 5.74) is 6.62. The van der Waals surface area contributed by atoms with Crippen molar-refractivity contribution in [3.63, 3.8) is 0 Å². The number of methoxy groups -OCH3 is 1. The number of hydrogen-bond donors (Lipinski definition) is 1. The van der Waals surface area contributed by atoms with E-state index in [2.05, 4.69) is 9.88 Å². The van der Waals surface area contributed by atoms with Crippen molar-refractivity contribution < 1.29 is 32.5 Å². The van der Waals surface area contributed by atoms with Gasteiger partial charge in [0.15, 0.2) is 23.1 Å². The van der Waals surface area contributed by atoms with Gasteiger partial charge in [-0.25, -0.2) is 8.78 Å². The molecule has 1 saturated heterocycles. The molecule has 0 spiro atoms. The number of carbonyl (C=O) groups excluding carboxylic acids is 1. The summed E-state index contributed by atoms with van der Waals surface area (Å²) >= 11 is 0. The Morgan fingerprint density at radius 2 is 1.81 bits per heavy atom. The number of halogens is 2. The average Bonchev–Trinajstić information content (AvgIpc) is 3.78. The Morgan fingerprint density at radius 1 is 1.02 bits per heavy atom. The molecule has 224 valence electrons. The molecule has 0 radical (unpaired) electrons. The van der Waals surface area contributed by atoms with E-state index in [-0.39, 0.29) is 11.7 Å². The van der Waals surface area contributed by atoms with Crippen LogP contribution in [0, 0.1) is 11.6 Å². The van der Waals surface area contributed by atoms with Crippen molar-refractivity contribution in [3.8, 4) is 23.0 Å². The topological polar surface area (TPSA) is 96.1 Å². The van der Waals surface area contributed by atoms with E-state index in [1.165, 1.54) is 24.3 Å². The first-order valence-corrected chi connectivity index (χ1v) is 14.3. The fraction of sp³-hybridized carbons (Fsp3) is 0.333. The van der Waals surface area contributed by atoms with Gasteiger partial charge in [0.2, 0.25) is 5.91 Å².